The van der Waals surface area contributed by atoms with E-state index in [2.05, 4.69) is 22.5 Å². The van der Waals surface area contributed by atoms with E-state index in [-0.39, 0.29) is 17.9 Å². The Bertz CT molecular complexity index is 799. The van der Waals surface area contributed by atoms with Crippen LogP contribution < -0.4 is 15.4 Å². The van der Waals surface area contributed by atoms with Crippen LogP contribution in [-0.2, 0) is 9.59 Å². The summed E-state index contributed by atoms with van der Waals surface area (Å²) in [4.78, 5) is 25.4. The van der Waals surface area contributed by atoms with Gasteiger partial charge in [-0.3, -0.25) is 14.5 Å². The second-order valence-corrected chi connectivity index (χ2v) is 6.87. The van der Waals surface area contributed by atoms with Crippen LogP contribution in [0, 0.1) is 6.92 Å². The third-order valence-electron chi connectivity index (χ3n) is 4.37. The van der Waals surface area contributed by atoms with Crippen molar-refractivity contribution >= 4 is 23.2 Å². The van der Waals surface area contributed by atoms with Crippen LogP contribution in [-0.4, -0.2) is 42.5 Å². The van der Waals surface area contributed by atoms with Gasteiger partial charge in [-0.2, -0.15) is 0 Å². The highest BCUT2D eigenvalue weighted by Crippen LogP contribution is 2.19. The normalized spacial score (nSPS) is 14.3. The van der Waals surface area contributed by atoms with Crippen LogP contribution >= 0.6 is 0 Å². The van der Waals surface area contributed by atoms with Gasteiger partial charge in [0.15, 0.2) is 0 Å². The summed E-state index contributed by atoms with van der Waals surface area (Å²) in [6.45, 7) is 5.87. The molecule has 142 valence electrons. The molecule has 3 rings (SSSR count). The fraction of sp³-hybridized carbons (Fsp3) is 0.333. The minimum Gasteiger partial charge on any atom is -0.488 e. The van der Waals surface area contributed by atoms with Crippen molar-refractivity contribution in [2.24, 2.45) is 0 Å². The van der Waals surface area contributed by atoms with Crippen molar-refractivity contribution in [2.75, 3.05) is 30.3 Å². The van der Waals surface area contributed by atoms with E-state index in [1.807, 2.05) is 24.3 Å². The van der Waals surface area contributed by atoms with E-state index in [1.54, 1.807) is 24.3 Å². The Morgan fingerprint density at radius 1 is 1.07 bits per heavy atom. The quantitative estimate of drug-likeness (QED) is 0.789. The molecular weight excluding hydrogens is 342 g/mol. The van der Waals surface area contributed by atoms with E-state index in [9.17, 15) is 9.59 Å². The predicted molar refractivity (Wildman–Crippen MR) is 106 cm³/mol. The number of anilines is 2. The molecule has 2 aromatic carbocycles. The average Bonchev–Trinajstić information content (AvgIpc) is 2.58. The lowest BCUT2D eigenvalue weighted by Crippen LogP contribution is -2.54. The molecule has 0 radical (unpaired) electrons. The second-order valence-electron chi connectivity index (χ2n) is 6.87. The smallest absolute Gasteiger partial charge is 0.225 e. The first kappa shape index (κ1) is 18.9. The van der Waals surface area contributed by atoms with Gasteiger partial charge >= 0.3 is 0 Å². The van der Waals surface area contributed by atoms with E-state index in [1.165, 1.54) is 12.5 Å². The fourth-order valence-corrected chi connectivity index (χ4v) is 2.95. The SMILES string of the molecule is CC(=O)Nc1cccc(NC(=O)CCN2CC(Oc3ccc(C)cc3)C2)c1. The van der Waals surface area contributed by atoms with Crippen molar-refractivity contribution < 1.29 is 14.3 Å². The summed E-state index contributed by atoms with van der Waals surface area (Å²) in [6, 6.07) is 15.2. The molecule has 6 heteroatoms. The summed E-state index contributed by atoms with van der Waals surface area (Å²) in [6.07, 6.45) is 0.604. The first-order valence-electron chi connectivity index (χ1n) is 9.11. The van der Waals surface area contributed by atoms with Gasteiger partial charge in [0.25, 0.3) is 0 Å². The van der Waals surface area contributed by atoms with Crippen LogP contribution in [0.3, 0.4) is 0 Å². The Balaban J connectivity index is 1.37. The summed E-state index contributed by atoms with van der Waals surface area (Å²) < 4.78 is 5.91. The minimum atomic E-state index is -0.140. The van der Waals surface area contributed by atoms with Crippen LogP contribution in [0.15, 0.2) is 48.5 Å². The van der Waals surface area contributed by atoms with E-state index in [0.29, 0.717) is 24.3 Å². The Hall–Kier alpha value is -2.86. The van der Waals surface area contributed by atoms with E-state index < -0.39 is 0 Å². The first-order chi connectivity index (χ1) is 13.0. The molecule has 1 heterocycles. The number of carbonyl (C=O) groups excluding carboxylic acids is 2. The van der Waals surface area contributed by atoms with Crippen LogP contribution in [0.2, 0.25) is 0 Å². The van der Waals surface area contributed by atoms with Crippen LogP contribution in [0.5, 0.6) is 5.75 Å². The molecule has 6 nitrogen and oxygen atoms in total. The molecule has 1 saturated heterocycles. The number of carbonyl (C=O) groups is 2. The Kier molecular flexibility index (Phi) is 6.08. The lowest BCUT2D eigenvalue weighted by Gasteiger charge is -2.38. The van der Waals surface area contributed by atoms with Gasteiger partial charge in [0.1, 0.15) is 11.9 Å². The van der Waals surface area contributed by atoms with Crippen LogP contribution in [0.25, 0.3) is 0 Å². The lowest BCUT2D eigenvalue weighted by molar-refractivity contribution is -0.117. The molecule has 1 fully saturated rings. The van der Waals surface area contributed by atoms with Crippen molar-refractivity contribution in [3.8, 4) is 5.75 Å². The number of aryl methyl sites for hydroxylation is 1. The number of nitrogens with one attached hydrogen (secondary N) is 2. The molecule has 2 aromatic rings. The third kappa shape index (κ3) is 5.82. The number of rotatable bonds is 7. The zero-order chi connectivity index (χ0) is 19.2. The Morgan fingerprint density at radius 2 is 1.74 bits per heavy atom. The maximum Gasteiger partial charge on any atom is 0.225 e. The maximum absolute atomic E-state index is 12.1. The molecule has 0 unspecified atom stereocenters. The number of benzene rings is 2. The molecule has 0 atom stereocenters. The van der Waals surface area contributed by atoms with Crippen molar-refractivity contribution in [2.45, 2.75) is 26.4 Å². The van der Waals surface area contributed by atoms with Gasteiger partial charge in [0.2, 0.25) is 11.8 Å². The molecule has 0 aliphatic carbocycles. The summed E-state index contributed by atoms with van der Waals surface area (Å²) in [7, 11) is 0. The van der Waals surface area contributed by atoms with Crippen LogP contribution in [0.4, 0.5) is 11.4 Å². The van der Waals surface area contributed by atoms with Crippen molar-refractivity contribution in [1.29, 1.82) is 0 Å². The molecule has 27 heavy (non-hydrogen) atoms. The highest BCUT2D eigenvalue weighted by atomic mass is 16.5. The van der Waals surface area contributed by atoms with Gasteiger partial charge in [-0.1, -0.05) is 23.8 Å². The summed E-state index contributed by atoms with van der Waals surface area (Å²) in [5.41, 5.74) is 2.56. The molecule has 0 saturated carbocycles. The topological polar surface area (TPSA) is 70.7 Å². The number of ether oxygens (including phenoxy) is 1. The maximum atomic E-state index is 12.1. The number of likely N-dealkylation sites (tertiary alicyclic amines) is 1. The zero-order valence-electron chi connectivity index (χ0n) is 15.7. The van der Waals surface area contributed by atoms with Crippen molar-refractivity contribution in [3.05, 3.63) is 54.1 Å². The van der Waals surface area contributed by atoms with Crippen molar-refractivity contribution in [1.82, 2.24) is 4.90 Å². The van der Waals surface area contributed by atoms with Crippen LogP contribution in [0.1, 0.15) is 18.9 Å². The lowest BCUT2D eigenvalue weighted by atomic mass is 10.1. The second kappa shape index (κ2) is 8.68. The van der Waals surface area contributed by atoms with Crippen molar-refractivity contribution in [3.63, 3.8) is 0 Å². The molecule has 2 amide bonds. The molecule has 0 aromatic heterocycles. The molecule has 1 aliphatic heterocycles. The van der Waals surface area contributed by atoms with Gasteiger partial charge in [-0.15, -0.1) is 0 Å². The standard InChI is InChI=1S/C21H25N3O3/c1-15-6-8-19(9-7-15)27-20-13-24(14-20)11-10-21(26)23-18-5-3-4-17(12-18)22-16(2)25/h3-9,12,20H,10-11,13-14H2,1-2H3,(H,22,25)(H,23,26). The number of amides is 2. The minimum absolute atomic E-state index is 0.0436. The molecular formula is C21H25N3O3. The van der Waals surface area contributed by atoms with Gasteiger partial charge in [-0.25, -0.2) is 0 Å². The van der Waals surface area contributed by atoms with Gasteiger partial charge in [-0.05, 0) is 37.3 Å². The van der Waals surface area contributed by atoms with E-state index in [0.717, 1.165) is 18.8 Å². The van der Waals surface area contributed by atoms with E-state index >= 15 is 0 Å². The molecule has 0 bridgehead atoms. The monoisotopic (exact) mass is 367 g/mol. The number of nitrogens with zero attached hydrogens (tertiary/aromatic N) is 1. The van der Waals surface area contributed by atoms with Gasteiger partial charge < -0.3 is 15.4 Å². The highest BCUT2D eigenvalue weighted by Gasteiger charge is 2.28. The Morgan fingerprint density at radius 3 is 2.41 bits per heavy atom. The summed E-state index contributed by atoms with van der Waals surface area (Å²) >= 11 is 0. The summed E-state index contributed by atoms with van der Waals surface area (Å²) in [5, 5.41) is 5.57. The molecule has 1 aliphatic rings. The Labute approximate surface area is 159 Å². The summed E-state index contributed by atoms with van der Waals surface area (Å²) in [5.74, 6) is 0.707. The first-order valence-corrected chi connectivity index (χ1v) is 9.11. The molecule has 2 N–H and O–H groups in total. The number of hydrogen-bond acceptors (Lipinski definition) is 4. The van der Waals surface area contributed by atoms with Gasteiger partial charge in [0, 0.05) is 44.4 Å². The highest BCUT2D eigenvalue weighted by molar-refractivity contribution is 5.93. The zero-order valence-corrected chi connectivity index (χ0v) is 15.7. The molecule has 0 spiro atoms. The predicted octanol–water partition coefficient (Wildman–Crippen LogP) is 3.05. The van der Waals surface area contributed by atoms with Gasteiger partial charge in [0.05, 0.1) is 0 Å². The number of hydrogen-bond donors (Lipinski definition) is 2. The average molecular weight is 367 g/mol. The largest absolute Gasteiger partial charge is 0.488 e. The fourth-order valence-electron chi connectivity index (χ4n) is 2.95. The third-order valence-corrected chi connectivity index (χ3v) is 4.37. The van der Waals surface area contributed by atoms with E-state index in [4.69, 9.17) is 4.74 Å².